The number of rotatable bonds is 3. The lowest BCUT2D eigenvalue weighted by atomic mass is 10.2. The third-order valence-electron chi connectivity index (χ3n) is 2.66. The molecule has 0 aromatic heterocycles. The molecule has 0 aliphatic rings. The molecular formula is C16H15N3OS. The van der Waals surface area contributed by atoms with Gasteiger partial charge in [0.05, 0.1) is 0 Å². The van der Waals surface area contributed by atoms with Crippen LogP contribution < -0.4 is 10.1 Å². The summed E-state index contributed by atoms with van der Waals surface area (Å²) in [6.07, 6.45) is 3.73. The van der Waals surface area contributed by atoms with Crippen LogP contribution in [0.3, 0.4) is 0 Å². The quantitative estimate of drug-likeness (QED) is 0.399. The van der Waals surface area contributed by atoms with Crippen molar-refractivity contribution >= 4 is 22.6 Å². The van der Waals surface area contributed by atoms with Crippen LogP contribution in [0, 0.1) is 18.4 Å². The number of aliphatic imine (C=N–C) groups is 1. The maximum Gasteiger partial charge on any atom is 0.183 e. The van der Waals surface area contributed by atoms with Crippen LogP contribution in [0.4, 0.5) is 5.69 Å². The molecule has 5 heteroatoms. The van der Waals surface area contributed by atoms with E-state index < -0.39 is 0 Å². The van der Waals surface area contributed by atoms with Crippen LogP contribution in [0.1, 0.15) is 5.56 Å². The monoisotopic (exact) mass is 297 g/mol. The van der Waals surface area contributed by atoms with E-state index in [4.69, 9.17) is 10.00 Å². The molecule has 0 unspecified atom stereocenters. The molecule has 0 fully saturated rings. The molecule has 2 rings (SSSR count). The highest BCUT2D eigenvalue weighted by atomic mass is 32.2. The van der Waals surface area contributed by atoms with Crippen molar-refractivity contribution in [2.24, 2.45) is 4.99 Å². The van der Waals surface area contributed by atoms with Crippen molar-refractivity contribution in [3.8, 4) is 17.7 Å². The van der Waals surface area contributed by atoms with Gasteiger partial charge in [0, 0.05) is 0 Å². The second-order valence-corrected chi connectivity index (χ2v) is 5.04. The molecular weight excluding hydrogens is 282 g/mol. The summed E-state index contributed by atoms with van der Waals surface area (Å²) >= 11 is 1.37. The summed E-state index contributed by atoms with van der Waals surface area (Å²) in [6, 6.07) is 15.3. The molecule has 0 amide bonds. The van der Waals surface area contributed by atoms with E-state index in [1.807, 2.05) is 67.9 Å². The van der Waals surface area contributed by atoms with Crippen molar-refractivity contribution < 1.29 is 4.74 Å². The first-order valence-electron chi connectivity index (χ1n) is 6.34. The minimum absolute atomic E-state index is 0.526. The predicted molar refractivity (Wildman–Crippen MR) is 87.1 cm³/mol. The van der Waals surface area contributed by atoms with Gasteiger partial charge in [-0.1, -0.05) is 36.0 Å². The van der Waals surface area contributed by atoms with Crippen molar-refractivity contribution in [2.45, 2.75) is 6.92 Å². The van der Waals surface area contributed by atoms with E-state index in [1.54, 1.807) is 0 Å². The molecule has 0 aliphatic heterocycles. The summed E-state index contributed by atoms with van der Waals surface area (Å²) in [5, 5.41) is 11.8. The van der Waals surface area contributed by atoms with Crippen LogP contribution in [-0.4, -0.2) is 11.4 Å². The molecule has 21 heavy (non-hydrogen) atoms. The van der Waals surface area contributed by atoms with E-state index in [-0.39, 0.29) is 0 Å². The van der Waals surface area contributed by atoms with Gasteiger partial charge in [0.1, 0.15) is 11.4 Å². The summed E-state index contributed by atoms with van der Waals surface area (Å²) in [4.78, 5) is 4.41. The highest BCUT2D eigenvalue weighted by Crippen LogP contribution is 2.32. The molecule has 0 heterocycles. The normalized spacial score (nSPS) is 10.8. The van der Waals surface area contributed by atoms with E-state index in [0.29, 0.717) is 16.6 Å². The van der Waals surface area contributed by atoms with E-state index in [1.165, 1.54) is 11.8 Å². The van der Waals surface area contributed by atoms with Gasteiger partial charge >= 0.3 is 0 Å². The topological polar surface area (TPSA) is 57.4 Å². The second kappa shape index (κ2) is 7.36. The zero-order valence-electron chi connectivity index (χ0n) is 11.8. The molecule has 0 saturated heterocycles. The van der Waals surface area contributed by atoms with Gasteiger partial charge < -0.3 is 4.74 Å². The molecule has 0 saturated carbocycles. The molecule has 0 radical (unpaired) electrons. The van der Waals surface area contributed by atoms with Gasteiger partial charge in [-0.3, -0.25) is 5.32 Å². The molecule has 106 valence electrons. The Bertz CT molecular complexity index is 692. The minimum Gasteiger partial charge on any atom is -0.455 e. The standard InChI is InChI=1S/C16H15N3OS/c1-12-6-5-7-13(10-12)20-15-9-4-3-8-14(15)19-16(21-2)18-11-17/h3-10H,1-2H3,(H,18,19). The molecule has 0 aliphatic carbocycles. The lowest BCUT2D eigenvalue weighted by Gasteiger charge is -2.09. The Morgan fingerprint density at radius 1 is 1.24 bits per heavy atom. The molecule has 4 nitrogen and oxygen atoms in total. The number of nitrogens with zero attached hydrogens (tertiary/aromatic N) is 2. The first-order valence-corrected chi connectivity index (χ1v) is 7.56. The van der Waals surface area contributed by atoms with Gasteiger partial charge in [-0.25, -0.2) is 4.99 Å². The third kappa shape index (κ3) is 4.26. The summed E-state index contributed by atoms with van der Waals surface area (Å²) in [5.41, 5.74) is 1.80. The van der Waals surface area contributed by atoms with Gasteiger partial charge in [-0.2, -0.15) is 5.26 Å². The van der Waals surface area contributed by atoms with Crippen molar-refractivity contribution in [3.63, 3.8) is 0 Å². The van der Waals surface area contributed by atoms with Crippen molar-refractivity contribution in [2.75, 3.05) is 6.26 Å². The zero-order chi connectivity index (χ0) is 15.1. The molecule has 2 aromatic rings. The predicted octanol–water partition coefficient (Wildman–Crippen LogP) is 4.21. The first kappa shape index (κ1) is 14.9. The summed E-state index contributed by atoms with van der Waals surface area (Å²) < 4.78 is 5.89. The number of hydrogen-bond donors (Lipinski definition) is 1. The molecule has 2 aromatic carbocycles. The Hall–Kier alpha value is -2.45. The van der Waals surface area contributed by atoms with Gasteiger partial charge in [0.25, 0.3) is 0 Å². The van der Waals surface area contributed by atoms with Crippen LogP contribution in [0.2, 0.25) is 0 Å². The fourth-order valence-electron chi connectivity index (χ4n) is 1.72. The number of aryl methyl sites for hydroxylation is 1. The fraction of sp³-hybridized carbons (Fsp3) is 0.125. The fourth-order valence-corrected chi connectivity index (χ4v) is 2.06. The van der Waals surface area contributed by atoms with Crippen LogP contribution in [0.5, 0.6) is 11.5 Å². The van der Waals surface area contributed by atoms with Gasteiger partial charge in [-0.05, 0) is 43.0 Å². The molecule has 0 atom stereocenters. The second-order valence-electron chi connectivity index (χ2n) is 4.24. The number of amidine groups is 1. The van der Waals surface area contributed by atoms with Crippen molar-refractivity contribution in [3.05, 3.63) is 54.1 Å². The number of thioether (sulfide) groups is 1. The molecule has 0 spiro atoms. The maximum absolute atomic E-state index is 8.69. The average molecular weight is 297 g/mol. The molecule has 0 bridgehead atoms. The van der Waals surface area contributed by atoms with Crippen molar-refractivity contribution in [1.82, 2.24) is 5.32 Å². The van der Waals surface area contributed by atoms with Crippen LogP contribution in [0.25, 0.3) is 0 Å². The van der Waals surface area contributed by atoms with Gasteiger partial charge in [-0.15, -0.1) is 0 Å². The largest absolute Gasteiger partial charge is 0.455 e. The smallest absolute Gasteiger partial charge is 0.183 e. The summed E-state index contributed by atoms with van der Waals surface area (Å²) in [5.74, 6) is 1.41. The molecule has 1 N–H and O–H groups in total. The lowest BCUT2D eigenvalue weighted by Crippen LogP contribution is -2.12. The lowest BCUT2D eigenvalue weighted by molar-refractivity contribution is 0.483. The average Bonchev–Trinajstić information content (AvgIpc) is 2.48. The van der Waals surface area contributed by atoms with Crippen LogP contribution in [0.15, 0.2) is 53.5 Å². The van der Waals surface area contributed by atoms with Gasteiger partial charge in [0.15, 0.2) is 17.1 Å². The maximum atomic E-state index is 8.69. The number of nitriles is 1. The summed E-state index contributed by atoms with van der Waals surface area (Å²) in [6.45, 7) is 2.01. The zero-order valence-corrected chi connectivity index (χ0v) is 12.6. The number of nitrogens with one attached hydrogen (secondary N) is 1. The highest BCUT2D eigenvalue weighted by molar-refractivity contribution is 8.13. The van der Waals surface area contributed by atoms with Gasteiger partial charge in [0.2, 0.25) is 0 Å². The number of benzene rings is 2. The number of hydrogen-bond acceptors (Lipinski definition) is 4. The summed E-state index contributed by atoms with van der Waals surface area (Å²) in [7, 11) is 0. The Morgan fingerprint density at radius 3 is 2.76 bits per heavy atom. The first-order chi connectivity index (χ1) is 10.2. The van der Waals surface area contributed by atoms with Crippen LogP contribution in [-0.2, 0) is 0 Å². The van der Waals surface area contributed by atoms with E-state index in [9.17, 15) is 0 Å². The van der Waals surface area contributed by atoms with E-state index in [2.05, 4.69) is 10.3 Å². The minimum atomic E-state index is 0.526. The highest BCUT2D eigenvalue weighted by Gasteiger charge is 2.05. The van der Waals surface area contributed by atoms with Crippen LogP contribution >= 0.6 is 11.8 Å². The number of ether oxygens (including phenoxy) is 1. The van der Waals surface area contributed by atoms with Crippen molar-refractivity contribution in [1.29, 1.82) is 5.26 Å². The third-order valence-corrected chi connectivity index (χ3v) is 3.24. The SMILES string of the molecule is CSC(=Nc1ccccc1Oc1cccc(C)c1)NC#N. The Morgan fingerprint density at radius 2 is 2.05 bits per heavy atom. The van der Waals surface area contributed by atoms with E-state index in [0.717, 1.165) is 11.3 Å². The Balaban J connectivity index is 2.31. The number of para-hydroxylation sites is 2. The van der Waals surface area contributed by atoms with E-state index >= 15 is 0 Å². The Labute approximate surface area is 128 Å². The Kier molecular flexibility index (Phi) is 5.24.